The zero-order chi connectivity index (χ0) is 46.5. The third kappa shape index (κ3) is 7.94. The number of nitriles is 2. The van der Waals surface area contributed by atoms with Gasteiger partial charge in [-0.2, -0.15) is 36.9 Å². The number of aromatic nitrogens is 3. The van der Waals surface area contributed by atoms with E-state index in [4.69, 9.17) is 9.97 Å². The van der Waals surface area contributed by atoms with Gasteiger partial charge >= 0.3 is 12.4 Å². The smallest absolute Gasteiger partial charge is 0.308 e. The van der Waals surface area contributed by atoms with Crippen LogP contribution >= 0.6 is 0 Å². The van der Waals surface area contributed by atoms with Gasteiger partial charge in [0.05, 0.1) is 62.5 Å². The molecule has 0 radical (unpaired) electrons. The summed E-state index contributed by atoms with van der Waals surface area (Å²) < 4.78 is 86.7. The summed E-state index contributed by atoms with van der Waals surface area (Å²) in [5.41, 5.74) is 6.99. The van der Waals surface area contributed by atoms with E-state index < -0.39 is 23.5 Å². The molecular weight excluding hydrogens is 857 g/mol. The van der Waals surface area contributed by atoms with Crippen molar-refractivity contribution in [3.8, 4) is 85.1 Å². The molecule has 11 heteroatoms. The molecule has 322 valence electrons. The number of hydrogen-bond donors (Lipinski definition) is 0. The van der Waals surface area contributed by atoms with E-state index in [1.165, 1.54) is 30.3 Å². The van der Waals surface area contributed by atoms with Crippen molar-refractivity contribution in [3.63, 3.8) is 0 Å². The van der Waals surface area contributed by atoms with Crippen molar-refractivity contribution in [2.45, 2.75) is 12.4 Å². The maximum absolute atomic E-state index is 14.1. The summed E-state index contributed by atoms with van der Waals surface area (Å²) in [6, 6.07) is 56.5. The quantitative estimate of drug-likeness (QED) is 0.149. The normalized spacial score (nSPS) is 11.7. The largest absolute Gasteiger partial charge is 0.416 e. The summed E-state index contributed by atoms with van der Waals surface area (Å²) in [6.45, 7) is 0. The predicted octanol–water partition coefficient (Wildman–Crippen LogP) is 15.4. The Balaban J connectivity index is 1.31. The molecule has 0 bridgehead atoms. The van der Waals surface area contributed by atoms with Gasteiger partial charge in [0.1, 0.15) is 0 Å². The van der Waals surface area contributed by atoms with Crippen LogP contribution in [0.25, 0.3) is 94.8 Å². The van der Waals surface area contributed by atoms with Crippen molar-refractivity contribution < 1.29 is 26.3 Å². The first-order valence-electron chi connectivity index (χ1n) is 20.9. The van der Waals surface area contributed by atoms with E-state index in [-0.39, 0.29) is 5.82 Å². The van der Waals surface area contributed by atoms with Crippen LogP contribution in [0.2, 0.25) is 0 Å². The molecule has 5 nitrogen and oxygen atoms in total. The summed E-state index contributed by atoms with van der Waals surface area (Å²) in [5, 5.41) is 21.2. The molecule has 0 unspecified atom stereocenters. The minimum Gasteiger partial charge on any atom is -0.308 e. The van der Waals surface area contributed by atoms with Crippen LogP contribution in [0.1, 0.15) is 22.3 Å². The number of hydrogen-bond acceptors (Lipinski definition) is 4. The molecule has 2 heterocycles. The molecule has 0 aliphatic heterocycles. The number of fused-ring (bicyclic) bond motifs is 3. The summed E-state index contributed by atoms with van der Waals surface area (Å²) in [5.74, 6) is 0.274. The maximum Gasteiger partial charge on any atom is 0.416 e. The van der Waals surface area contributed by atoms with E-state index in [0.29, 0.717) is 78.2 Å². The van der Waals surface area contributed by atoms with E-state index in [1.54, 1.807) is 12.1 Å². The monoisotopic (exact) mass is 887 g/mol. The van der Waals surface area contributed by atoms with Crippen LogP contribution in [0.3, 0.4) is 0 Å². The molecule has 0 amide bonds. The van der Waals surface area contributed by atoms with Crippen molar-refractivity contribution in [3.05, 3.63) is 210 Å². The lowest BCUT2D eigenvalue weighted by Gasteiger charge is -2.22. The highest BCUT2D eigenvalue weighted by Crippen LogP contribution is 2.46. The van der Waals surface area contributed by atoms with E-state index in [2.05, 4.69) is 12.1 Å². The van der Waals surface area contributed by atoms with Crippen LogP contribution in [0.15, 0.2) is 188 Å². The predicted molar refractivity (Wildman–Crippen MR) is 248 cm³/mol. The average Bonchev–Trinajstić information content (AvgIpc) is 3.69. The van der Waals surface area contributed by atoms with Crippen molar-refractivity contribution in [2.75, 3.05) is 0 Å². The van der Waals surface area contributed by atoms with Crippen molar-refractivity contribution in [1.82, 2.24) is 14.5 Å². The zero-order valence-electron chi connectivity index (χ0n) is 34.9. The molecule has 0 aliphatic rings. The fraction of sp³-hybridized carbons (Fsp3) is 0.0357. The average molecular weight is 888 g/mol. The van der Waals surface area contributed by atoms with Gasteiger partial charge in [-0.1, -0.05) is 115 Å². The third-order valence-electron chi connectivity index (χ3n) is 11.8. The van der Waals surface area contributed by atoms with Crippen molar-refractivity contribution >= 4 is 21.8 Å². The van der Waals surface area contributed by atoms with Crippen LogP contribution in [-0.4, -0.2) is 14.5 Å². The molecule has 0 fully saturated rings. The lowest BCUT2D eigenvalue weighted by molar-refractivity contribution is -0.138. The number of halogens is 6. The molecule has 10 aromatic rings. The number of para-hydroxylation sites is 1. The zero-order valence-corrected chi connectivity index (χ0v) is 34.9. The Morgan fingerprint density at radius 3 is 1.43 bits per heavy atom. The molecule has 0 spiro atoms. The van der Waals surface area contributed by atoms with Crippen molar-refractivity contribution in [2.24, 2.45) is 0 Å². The lowest BCUT2D eigenvalue weighted by Crippen LogP contribution is -2.06. The van der Waals surface area contributed by atoms with Gasteiger partial charge in [-0.05, 0) is 95.1 Å². The fourth-order valence-corrected chi connectivity index (χ4v) is 8.55. The van der Waals surface area contributed by atoms with E-state index in [9.17, 15) is 36.9 Å². The van der Waals surface area contributed by atoms with Crippen LogP contribution in [0.5, 0.6) is 0 Å². The van der Waals surface area contributed by atoms with Gasteiger partial charge in [0.25, 0.3) is 0 Å². The van der Waals surface area contributed by atoms with Gasteiger partial charge in [-0.3, -0.25) is 0 Å². The molecule has 10 rings (SSSR count). The Bertz CT molecular complexity index is 3470. The highest BCUT2D eigenvalue weighted by atomic mass is 19.4. The minimum absolute atomic E-state index is 0.274. The van der Waals surface area contributed by atoms with Crippen LogP contribution in [-0.2, 0) is 12.4 Å². The fourth-order valence-electron chi connectivity index (χ4n) is 8.55. The Morgan fingerprint density at radius 1 is 0.403 bits per heavy atom. The topological polar surface area (TPSA) is 78.3 Å². The van der Waals surface area contributed by atoms with Crippen LogP contribution in [0, 0.1) is 22.7 Å². The standard InChI is InChI=1S/C56H31F6N5/c57-55(58,59)42-21-16-35(17-22-42)46-29-40(54-65-49(37-9-3-1-4-10-37)31-50(66-54)38-11-5-2-6-12-38)30-47(36-18-23-43(24-19-36)56(60,61)62)53(46)67-51-14-8-7-13-45(51)48-28-39(20-26-52(48)67)44-25-15-34(32-63)27-41(44)33-64/h1-31H. The van der Waals surface area contributed by atoms with Gasteiger partial charge in [0.2, 0.25) is 0 Å². The Hall–Kier alpha value is -8.80. The first-order valence-corrected chi connectivity index (χ1v) is 20.9. The molecule has 0 N–H and O–H groups in total. The number of alkyl halides is 6. The molecule has 67 heavy (non-hydrogen) atoms. The lowest BCUT2D eigenvalue weighted by atomic mass is 9.91. The van der Waals surface area contributed by atoms with Gasteiger partial charge in [0.15, 0.2) is 5.82 Å². The summed E-state index contributed by atoms with van der Waals surface area (Å²) in [7, 11) is 0. The molecular formula is C56H31F6N5. The number of rotatable bonds is 7. The van der Waals surface area contributed by atoms with Crippen LogP contribution < -0.4 is 0 Å². The van der Waals surface area contributed by atoms with Gasteiger partial charge in [-0.15, -0.1) is 0 Å². The molecule has 2 aromatic heterocycles. The van der Waals surface area contributed by atoms with E-state index >= 15 is 0 Å². The second-order valence-electron chi connectivity index (χ2n) is 15.8. The molecule has 0 saturated carbocycles. The molecule has 0 atom stereocenters. The Kier molecular flexibility index (Phi) is 10.5. The summed E-state index contributed by atoms with van der Waals surface area (Å²) in [6.07, 6.45) is -9.25. The maximum atomic E-state index is 14.1. The third-order valence-corrected chi connectivity index (χ3v) is 11.8. The second-order valence-corrected chi connectivity index (χ2v) is 15.8. The first-order chi connectivity index (χ1) is 32.4. The Morgan fingerprint density at radius 2 is 0.910 bits per heavy atom. The van der Waals surface area contributed by atoms with Gasteiger partial charge in [-0.25, -0.2) is 9.97 Å². The van der Waals surface area contributed by atoms with E-state index in [1.807, 2.05) is 126 Å². The summed E-state index contributed by atoms with van der Waals surface area (Å²) >= 11 is 0. The first kappa shape index (κ1) is 42.2. The second kappa shape index (κ2) is 16.6. The van der Waals surface area contributed by atoms with Gasteiger partial charge in [0, 0.05) is 38.6 Å². The SMILES string of the molecule is N#Cc1ccc(-c2ccc3c(c2)c2ccccc2n3-c2c(-c3ccc(C(F)(F)F)cc3)cc(-c3nc(-c4ccccc4)cc(-c4ccccc4)n3)cc2-c2ccc(C(F)(F)F)cc2)c(C#N)c1. The van der Waals surface area contributed by atoms with E-state index in [0.717, 1.165) is 46.2 Å². The number of benzene rings is 8. The van der Waals surface area contributed by atoms with Crippen LogP contribution in [0.4, 0.5) is 26.3 Å². The number of nitrogens with zero attached hydrogens (tertiary/aromatic N) is 5. The van der Waals surface area contributed by atoms with Crippen molar-refractivity contribution in [1.29, 1.82) is 10.5 Å². The van der Waals surface area contributed by atoms with Gasteiger partial charge < -0.3 is 4.57 Å². The highest BCUT2D eigenvalue weighted by molar-refractivity contribution is 6.12. The molecule has 0 aliphatic carbocycles. The Labute approximate surface area is 379 Å². The summed E-state index contributed by atoms with van der Waals surface area (Å²) in [4.78, 5) is 10.1. The highest BCUT2D eigenvalue weighted by Gasteiger charge is 2.32. The molecule has 8 aromatic carbocycles. The molecule has 0 saturated heterocycles. The minimum atomic E-state index is -4.63.